The Kier molecular flexibility index (Phi) is 3.66. The first-order chi connectivity index (χ1) is 8.29. The predicted molar refractivity (Wildman–Crippen MR) is 71.5 cm³/mol. The summed E-state index contributed by atoms with van der Waals surface area (Å²) in [6.45, 7) is 2.15. The van der Waals surface area contributed by atoms with Crippen LogP contribution in [0, 0.1) is 0 Å². The Hall–Kier alpha value is -1.96. The van der Waals surface area contributed by atoms with Gasteiger partial charge in [-0.25, -0.2) is 0 Å². The molecule has 2 heteroatoms. The third-order valence-electron chi connectivity index (χ3n) is 2.77. The van der Waals surface area contributed by atoms with Gasteiger partial charge in [-0.3, -0.25) is 0 Å². The number of nitrogens with one attached hydrogen (secondary N) is 1. The van der Waals surface area contributed by atoms with Crippen LogP contribution in [-0.4, -0.2) is 7.11 Å². The monoisotopic (exact) mass is 227 g/mol. The molecule has 2 nitrogen and oxygen atoms in total. The highest BCUT2D eigenvalue weighted by molar-refractivity contribution is 5.48. The van der Waals surface area contributed by atoms with Crippen LogP contribution in [0.4, 0.5) is 5.69 Å². The van der Waals surface area contributed by atoms with Gasteiger partial charge in [0, 0.05) is 11.7 Å². The summed E-state index contributed by atoms with van der Waals surface area (Å²) in [6, 6.07) is 18.7. The van der Waals surface area contributed by atoms with E-state index in [-0.39, 0.29) is 0 Å². The van der Waals surface area contributed by atoms with Crippen molar-refractivity contribution in [3.8, 4) is 5.75 Å². The van der Waals surface area contributed by atoms with Gasteiger partial charge in [0.15, 0.2) is 0 Å². The van der Waals surface area contributed by atoms with E-state index < -0.39 is 0 Å². The van der Waals surface area contributed by atoms with Gasteiger partial charge >= 0.3 is 0 Å². The van der Waals surface area contributed by atoms with Gasteiger partial charge in [0.05, 0.1) is 7.11 Å². The number of hydrogen-bond donors (Lipinski definition) is 1. The van der Waals surface area contributed by atoms with Crippen molar-refractivity contribution in [3.05, 3.63) is 60.2 Å². The van der Waals surface area contributed by atoms with Crippen LogP contribution in [0.5, 0.6) is 5.75 Å². The van der Waals surface area contributed by atoms with Crippen molar-refractivity contribution >= 4 is 5.69 Å². The summed E-state index contributed by atoms with van der Waals surface area (Å²) in [7, 11) is 1.68. The molecule has 2 aromatic carbocycles. The summed E-state index contributed by atoms with van der Waals surface area (Å²) >= 11 is 0. The van der Waals surface area contributed by atoms with Crippen molar-refractivity contribution in [2.45, 2.75) is 13.0 Å². The average Bonchev–Trinajstić information content (AvgIpc) is 2.40. The van der Waals surface area contributed by atoms with Crippen molar-refractivity contribution in [1.29, 1.82) is 0 Å². The van der Waals surface area contributed by atoms with Crippen LogP contribution < -0.4 is 10.1 Å². The molecule has 0 fully saturated rings. The lowest BCUT2D eigenvalue weighted by Crippen LogP contribution is -2.06. The largest absolute Gasteiger partial charge is 0.497 e. The third-order valence-corrected chi connectivity index (χ3v) is 2.77. The summed E-state index contributed by atoms with van der Waals surface area (Å²) < 4.78 is 5.13. The lowest BCUT2D eigenvalue weighted by atomic mass is 10.1. The molecule has 88 valence electrons. The molecule has 0 unspecified atom stereocenters. The molecule has 0 saturated heterocycles. The van der Waals surface area contributed by atoms with Gasteiger partial charge in [-0.15, -0.1) is 0 Å². The second-order valence-electron chi connectivity index (χ2n) is 4.01. The molecule has 17 heavy (non-hydrogen) atoms. The molecular formula is C15H17NO. The fourth-order valence-electron chi connectivity index (χ4n) is 1.76. The molecule has 1 atom stereocenters. The van der Waals surface area contributed by atoms with Crippen molar-refractivity contribution in [3.63, 3.8) is 0 Å². The zero-order chi connectivity index (χ0) is 12.1. The first-order valence-corrected chi connectivity index (χ1v) is 5.75. The fraction of sp³-hybridized carbons (Fsp3) is 0.200. The normalized spacial score (nSPS) is 11.9. The lowest BCUT2D eigenvalue weighted by Gasteiger charge is -2.15. The maximum absolute atomic E-state index is 5.13. The van der Waals surface area contributed by atoms with Crippen LogP contribution in [0.2, 0.25) is 0 Å². The number of hydrogen-bond acceptors (Lipinski definition) is 2. The van der Waals surface area contributed by atoms with Gasteiger partial charge < -0.3 is 10.1 Å². The highest BCUT2D eigenvalue weighted by Gasteiger charge is 2.03. The maximum Gasteiger partial charge on any atom is 0.119 e. The van der Waals surface area contributed by atoms with Crippen molar-refractivity contribution in [1.82, 2.24) is 0 Å². The summed E-state index contributed by atoms with van der Waals surface area (Å²) in [4.78, 5) is 0. The van der Waals surface area contributed by atoms with Gasteiger partial charge in [-0.2, -0.15) is 0 Å². The van der Waals surface area contributed by atoms with E-state index in [9.17, 15) is 0 Å². The summed E-state index contributed by atoms with van der Waals surface area (Å²) in [5.74, 6) is 0.878. The van der Waals surface area contributed by atoms with E-state index >= 15 is 0 Å². The number of ether oxygens (including phenoxy) is 1. The van der Waals surface area contributed by atoms with E-state index in [0.29, 0.717) is 6.04 Å². The van der Waals surface area contributed by atoms with Crippen LogP contribution in [0.25, 0.3) is 0 Å². The summed E-state index contributed by atoms with van der Waals surface area (Å²) in [6.07, 6.45) is 0. The van der Waals surface area contributed by atoms with Crippen LogP contribution in [-0.2, 0) is 0 Å². The standard InChI is InChI=1S/C15H17NO/c1-12(13-6-4-3-5-7-13)16-14-8-10-15(17-2)11-9-14/h3-12,16H,1-2H3/t12-/m1/s1. The molecule has 0 heterocycles. The first kappa shape index (κ1) is 11.5. The minimum Gasteiger partial charge on any atom is -0.497 e. The Balaban J connectivity index is 2.05. The molecule has 0 aliphatic heterocycles. The molecule has 0 bridgehead atoms. The van der Waals surface area contributed by atoms with Crippen LogP contribution in [0.3, 0.4) is 0 Å². The molecule has 0 amide bonds. The van der Waals surface area contributed by atoms with E-state index in [0.717, 1.165) is 11.4 Å². The number of methoxy groups -OCH3 is 1. The molecule has 0 spiro atoms. The van der Waals surface area contributed by atoms with Crippen LogP contribution in [0.1, 0.15) is 18.5 Å². The highest BCUT2D eigenvalue weighted by atomic mass is 16.5. The minimum absolute atomic E-state index is 0.296. The second kappa shape index (κ2) is 5.39. The van der Waals surface area contributed by atoms with Crippen LogP contribution >= 0.6 is 0 Å². The molecule has 1 N–H and O–H groups in total. The van der Waals surface area contributed by atoms with Gasteiger partial charge in [0.2, 0.25) is 0 Å². The van der Waals surface area contributed by atoms with E-state index in [1.807, 2.05) is 30.3 Å². The summed E-state index contributed by atoms with van der Waals surface area (Å²) in [5.41, 5.74) is 2.38. The molecule has 0 radical (unpaired) electrons. The minimum atomic E-state index is 0.296. The third kappa shape index (κ3) is 3.00. The Morgan fingerprint density at radius 3 is 2.18 bits per heavy atom. The molecular weight excluding hydrogens is 210 g/mol. The molecule has 0 aliphatic rings. The lowest BCUT2D eigenvalue weighted by molar-refractivity contribution is 0.415. The van der Waals surface area contributed by atoms with E-state index in [2.05, 4.69) is 36.5 Å². The van der Waals surface area contributed by atoms with Gasteiger partial charge in [0.1, 0.15) is 5.75 Å². The highest BCUT2D eigenvalue weighted by Crippen LogP contribution is 2.21. The topological polar surface area (TPSA) is 21.3 Å². The molecule has 0 aromatic heterocycles. The van der Waals surface area contributed by atoms with Gasteiger partial charge in [-0.1, -0.05) is 30.3 Å². The number of anilines is 1. The quantitative estimate of drug-likeness (QED) is 0.856. The molecule has 0 aliphatic carbocycles. The fourth-order valence-corrected chi connectivity index (χ4v) is 1.76. The maximum atomic E-state index is 5.13. The number of benzene rings is 2. The van der Waals surface area contributed by atoms with Crippen LogP contribution in [0.15, 0.2) is 54.6 Å². The Morgan fingerprint density at radius 1 is 0.941 bits per heavy atom. The molecule has 2 aromatic rings. The van der Waals surface area contributed by atoms with Crippen molar-refractivity contribution < 1.29 is 4.74 Å². The zero-order valence-electron chi connectivity index (χ0n) is 10.2. The average molecular weight is 227 g/mol. The first-order valence-electron chi connectivity index (χ1n) is 5.75. The smallest absolute Gasteiger partial charge is 0.119 e. The Labute approximate surface area is 102 Å². The van der Waals surface area contributed by atoms with Gasteiger partial charge in [-0.05, 0) is 36.8 Å². The van der Waals surface area contributed by atoms with Crippen molar-refractivity contribution in [2.24, 2.45) is 0 Å². The van der Waals surface area contributed by atoms with Crippen molar-refractivity contribution in [2.75, 3.05) is 12.4 Å². The number of rotatable bonds is 4. The molecule has 0 saturated carbocycles. The Morgan fingerprint density at radius 2 is 1.59 bits per heavy atom. The second-order valence-corrected chi connectivity index (χ2v) is 4.01. The predicted octanol–water partition coefficient (Wildman–Crippen LogP) is 3.87. The Bertz CT molecular complexity index is 450. The molecule has 2 rings (SSSR count). The van der Waals surface area contributed by atoms with E-state index in [1.165, 1.54) is 5.56 Å². The van der Waals surface area contributed by atoms with Gasteiger partial charge in [0.25, 0.3) is 0 Å². The SMILES string of the molecule is COc1ccc(N[C@H](C)c2ccccc2)cc1. The zero-order valence-corrected chi connectivity index (χ0v) is 10.2. The summed E-state index contributed by atoms with van der Waals surface area (Å²) in [5, 5.41) is 3.45. The van der Waals surface area contributed by atoms with E-state index in [1.54, 1.807) is 7.11 Å². The van der Waals surface area contributed by atoms with E-state index in [4.69, 9.17) is 4.74 Å².